The summed E-state index contributed by atoms with van der Waals surface area (Å²) < 4.78 is 5.63. The zero-order chi connectivity index (χ0) is 16.2. The minimum Gasteiger partial charge on any atom is -0.377 e. The molecular weight excluding hydrogens is 282 g/mol. The molecule has 0 amide bonds. The van der Waals surface area contributed by atoms with E-state index in [1.165, 1.54) is 68.9 Å². The lowest BCUT2D eigenvalue weighted by Crippen LogP contribution is -2.27. The number of benzene rings is 1. The van der Waals surface area contributed by atoms with Crippen molar-refractivity contribution in [3.63, 3.8) is 0 Å². The Bertz CT molecular complexity index is 395. The fourth-order valence-electron chi connectivity index (χ4n) is 3.28. The van der Waals surface area contributed by atoms with Gasteiger partial charge in [-0.05, 0) is 49.8 Å². The molecule has 1 heterocycles. The predicted molar refractivity (Wildman–Crippen MR) is 99.1 cm³/mol. The van der Waals surface area contributed by atoms with Crippen LogP contribution >= 0.6 is 0 Å². The van der Waals surface area contributed by atoms with Crippen LogP contribution in [0.5, 0.6) is 0 Å². The van der Waals surface area contributed by atoms with Crippen molar-refractivity contribution in [2.45, 2.75) is 77.2 Å². The maximum atomic E-state index is 5.63. The highest BCUT2D eigenvalue weighted by Crippen LogP contribution is 2.12. The Morgan fingerprint density at radius 3 is 2.35 bits per heavy atom. The van der Waals surface area contributed by atoms with E-state index >= 15 is 0 Å². The van der Waals surface area contributed by atoms with Crippen molar-refractivity contribution in [2.24, 2.45) is 0 Å². The standard InChI is InChI=1S/C21H35NO/c1-2-3-4-5-6-7-9-19-11-13-20(14-12-19)15-16-22-18-21-10-8-17-23-21/h11-14,21-22H,2-10,15-18H2,1H3. The van der Waals surface area contributed by atoms with Crippen LogP contribution in [0.25, 0.3) is 0 Å². The molecule has 0 aromatic heterocycles. The maximum Gasteiger partial charge on any atom is 0.0700 e. The number of ether oxygens (including phenoxy) is 1. The van der Waals surface area contributed by atoms with Crippen LogP contribution in [-0.4, -0.2) is 25.8 Å². The molecule has 1 aromatic carbocycles. The van der Waals surface area contributed by atoms with Gasteiger partial charge in [-0.1, -0.05) is 63.3 Å². The Morgan fingerprint density at radius 1 is 0.957 bits per heavy atom. The fraction of sp³-hybridized carbons (Fsp3) is 0.714. The molecule has 1 atom stereocenters. The van der Waals surface area contributed by atoms with Crippen LogP contribution in [0, 0.1) is 0 Å². The van der Waals surface area contributed by atoms with Gasteiger partial charge in [0.15, 0.2) is 0 Å². The largest absolute Gasteiger partial charge is 0.377 e. The van der Waals surface area contributed by atoms with E-state index in [0.29, 0.717) is 6.10 Å². The average Bonchev–Trinajstić information content (AvgIpc) is 3.09. The normalized spacial score (nSPS) is 17.7. The summed E-state index contributed by atoms with van der Waals surface area (Å²) in [6.45, 7) is 5.29. The second kappa shape index (κ2) is 11.6. The third-order valence-corrected chi connectivity index (χ3v) is 4.83. The van der Waals surface area contributed by atoms with Crippen molar-refractivity contribution < 1.29 is 4.74 Å². The highest BCUT2D eigenvalue weighted by Gasteiger charge is 2.14. The van der Waals surface area contributed by atoms with E-state index in [4.69, 9.17) is 4.74 Å². The molecule has 0 saturated carbocycles. The molecule has 23 heavy (non-hydrogen) atoms. The van der Waals surface area contributed by atoms with Crippen LogP contribution in [0.4, 0.5) is 0 Å². The molecule has 1 saturated heterocycles. The molecule has 130 valence electrons. The molecule has 1 fully saturated rings. The summed E-state index contributed by atoms with van der Waals surface area (Å²) in [4.78, 5) is 0. The fourth-order valence-corrected chi connectivity index (χ4v) is 3.28. The zero-order valence-electron chi connectivity index (χ0n) is 15.0. The Kier molecular flexibility index (Phi) is 9.35. The van der Waals surface area contributed by atoms with Gasteiger partial charge in [0.25, 0.3) is 0 Å². The molecular formula is C21H35NO. The third-order valence-electron chi connectivity index (χ3n) is 4.83. The van der Waals surface area contributed by atoms with E-state index in [2.05, 4.69) is 36.5 Å². The molecule has 1 unspecified atom stereocenters. The van der Waals surface area contributed by atoms with Gasteiger partial charge >= 0.3 is 0 Å². The number of hydrogen-bond acceptors (Lipinski definition) is 2. The Balaban J connectivity index is 1.53. The topological polar surface area (TPSA) is 21.3 Å². The lowest BCUT2D eigenvalue weighted by molar-refractivity contribution is 0.110. The molecule has 2 nitrogen and oxygen atoms in total. The van der Waals surface area contributed by atoms with Gasteiger partial charge in [-0.2, -0.15) is 0 Å². The third kappa shape index (κ3) is 7.99. The van der Waals surface area contributed by atoms with Crippen molar-refractivity contribution >= 4 is 0 Å². The van der Waals surface area contributed by atoms with Gasteiger partial charge in [0.2, 0.25) is 0 Å². The first-order valence-corrected chi connectivity index (χ1v) is 9.78. The van der Waals surface area contributed by atoms with E-state index < -0.39 is 0 Å². The van der Waals surface area contributed by atoms with Crippen LogP contribution in [0.15, 0.2) is 24.3 Å². The molecule has 0 spiro atoms. The quantitative estimate of drug-likeness (QED) is 0.554. The monoisotopic (exact) mass is 317 g/mol. The average molecular weight is 318 g/mol. The van der Waals surface area contributed by atoms with Gasteiger partial charge in [-0.25, -0.2) is 0 Å². The van der Waals surface area contributed by atoms with Crippen molar-refractivity contribution in [1.82, 2.24) is 5.32 Å². The molecule has 0 radical (unpaired) electrons. The van der Waals surface area contributed by atoms with E-state index in [9.17, 15) is 0 Å². The van der Waals surface area contributed by atoms with E-state index in [1.807, 2.05) is 0 Å². The minimum atomic E-state index is 0.453. The van der Waals surface area contributed by atoms with Crippen LogP contribution in [0.3, 0.4) is 0 Å². The lowest BCUT2D eigenvalue weighted by Gasteiger charge is -2.10. The Labute approximate surface area is 143 Å². The molecule has 0 aliphatic carbocycles. The van der Waals surface area contributed by atoms with Crippen molar-refractivity contribution in [2.75, 3.05) is 19.7 Å². The first kappa shape index (κ1) is 18.5. The maximum absolute atomic E-state index is 5.63. The summed E-state index contributed by atoms with van der Waals surface area (Å²) in [7, 11) is 0. The molecule has 1 aromatic rings. The summed E-state index contributed by atoms with van der Waals surface area (Å²) >= 11 is 0. The summed E-state index contributed by atoms with van der Waals surface area (Å²) in [6.07, 6.45) is 13.5. The Hall–Kier alpha value is -0.860. The summed E-state index contributed by atoms with van der Waals surface area (Å²) in [5.41, 5.74) is 2.94. The SMILES string of the molecule is CCCCCCCCc1ccc(CCNCC2CCCO2)cc1. The van der Waals surface area contributed by atoms with Gasteiger partial charge in [-0.15, -0.1) is 0 Å². The van der Waals surface area contributed by atoms with Gasteiger partial charge in [0, 0.05) is 13.2 Å². The number of hydrogen-bond donors (Lipinski definition) is 1. The smallest absolute Gasteiger partial charge is 0.0700 e. The summed E-state index contributed by atoms with van der Waals surface area (Å²) in [6, 6.07) is 9.25. The number of nitrogens with one attached hydrogen (secondary N) is 1. The van der Waals surface area contributed by atoms with Gasteiger partial charge in [-0.3, -0.25) is 0 Å². The van der Waals surface area contributed by atoms with Gasteiger partial charge in [0.05, 0.1) is 6.10 Å². The molecule has 1 aliphatic rings. The summed E-state index contributed by atoms with van der Waals surface area (Å²) in [5, 5.41) is 3.52. The number of aryl methyl sites for hydroxylation is 1. The minimum absolute atomic E-state index is 0.453. The Morgan fingerprint density at radius 2 is 1.65 bits per heavy atom. The van der Waals surface area contributed by atoms with Crippen molar-refractivity contribution in [1.29, 1.82) is 0 Å². The second-order valence-electron chi connectivity index (χ2n) is 6.92. The van der Waals surface area contributed by atoms with Crippen LogP contribution < -0.4 is 5.32 Å². The molecule has 1 N–H and O–H groups in total. The lowest BCUT2D eigenvalue weighted by atomic mass is 10.0. The van der Waals surface area contributed by atoms with Crippen LogP contribution in [0.2, 0.25) is 0 Å². The number of rotatable bonds is 12. The van der Waals surface area contributed by atoms with Gasteiger partial charge < -0.3 is 10.1 Å². The zero-order valence-corrected chi connectivity index (χ0v) is 15.0. The van der Waals surface area contributed by atoms with Crippen LogP contribution in [0.1, 0.15) is 69.4 Å². The van der Waals surface area contributed by atoms with E-state index in [0.717, 1.165) is 26.1 Å². The summed E-state index contributed by atoms with van der Waals surface area (Å²) in [5.74, 6) is 0. The molecule has 2 heteroatoms. The first-order chi connectivity index (χ1) is 11.4. The van der Waals surface area contributed by atoms with Crippen LogP contribution in [-0.2, 0) is 17.6 Å². The van der Waals surface area contributed by atoms with Crippen molar-refractivity contribution in [3.05, 3.63) is 35.4 Å². The molecule has 2 rings (SSSR count). The predicted octanol–water partition coefficient (Wildman–Crippen LogP) is 4.90. The molecule has 1 aliphatic heterocycles. The van der Waals surface area contributed by atoms with E-state index in [-0.39, 0.29) is 0 Å². The highest BCUT2D eigenvalue weighted by atomic mass is 16.5. The molecule has 0 bridgehead atoms. The van der Waals surface area contributed by atoms with Crippen molar-refractivity contribution in [3.8, 4) is 0 Å². The van der Waals surface area contributed by atoms with E-state index in [1.54, 1.807) is 0 Å². The highest BCUT2D eigenvalue weighted by molar-refractivity contribution is 5.22. The number of unbranched alkanes of at least 4 members (excludes halogenated alkanes) is 5. The first-order valence-electron chi connectivity index (χ1n) is 9.78. The van der Waals surface area contributed by atoms with Gasteiger partial charge in [0.1, 0.15) is 0 Å². The second-order valence-corrected chi connectivity index (χ2v) is 6.92.